The summed E-state index contributed by atoms with van der Waals surface area (Å²) in [6, 6.07) is 9.23. The van der Waals surface area contributed by atoms with E-state index in [1.807, 2.05) is 24.3 Å². The summed E-state index contributed by atoms with van der Waals surface area (Å²) >= 11 is 0. The van der Waals surface area contributed by atoms with Gasteiger partial charge in [0.25, 0.3) is 0 Å². The molecule has 0 atom stereocenters. The average Bonchev–Trinajstić information content (AvgIpc) is 2.22. The molecule has 0 aromatic heterocycles. The third-order valence-corrected chi connectivity index (χ3v) is 2.80. The van der Waals surface area contributed by atoms with Crippen LogP contribution >= 0.6 is 0 Å². The van der Waals surface area contributed by atoms with Crippen molar-refractivity contribution in [3.63, 3.8) is 0 Å². The molecule has 2 N–H and O–H groups in total. The molecule has 2 rings (SSSR count). The van der Waals surface area contributed by atoms with Gasteiger partial charge in [0, 0.05) is 5.39 Å². The fourth-order valence-corrected chi connectivity index (χ4v) is 1.97. The molecule has 0 bridgehead atoms. The Morgan fingerprint density at radius 2 is 1.50 bits per heavy atom. The minimum Gasteiger partial charge on any atom is -0.504 e. The van der Waals surface area contributed by atoms with Gasteiger partial charge in [-0.25, -0.2) is 0 Å². The lowest BCUT2D eigenvalue weighted by Gasteiger charge is -2.22. The number of phenols is 2. The van der Waals surface area contributed by atoms with E-state index < -0.39 is 0 Å². The van der Waals surface area contributed by atoms with Gasteiger partial charge in [0.2, 0.25) is 0 Å². The highest BCUT2D eigenvalue weighted by Crippen LogP contribution is 2.40. The van der Waals surface area contributed by atoms with E-state index in [0.717, 1.165) is 10.9 Å². The van der Waals surface area contributed by atoms with Crippen molar-refractivity contribution >= 4 is 10.8 Å². The van der Waals surface area contributed by atoms with Gasteiger partial charge in [0.1, 0.15) is 0 Å². The van der Waals surface area contributed by atoms with E-state index in [-0.39, 0.29) is 16.9 Å². The van der Waals surface area contributed by atoms with Crippen molar-refractivity contribution in [2.75, 3.05) is 0 Å². The molecule has 2 aromatic carbocycles. The fraction of sp³-hybridized carbons (Fsp3) is 0.286. The number of fused-ring (bicyclic) bond motifs is 1. The monoisotopic (exact) mass is 216 g/mol. The minimum atomic E-state index is -0.0647. The first-order chi connectivity index (χ1) is 7.41. The van der Waals surface area contributed by atoms with E-state index in [9.17, 15) is 10.2 Å². The Hall–Kier alpha value is -1.70. The lowest BCUT2D eigenvalue weighted by molar-refractivity contribution is 0.406. The van der Waals surface area contributed by atoms with Crippen LogP contribution < -0.4 is 0 Å². The van der Waals surface area contributed by atoms with Gasteiger partial charge < -0.3 is 10.2 Å². The van der Waals surface area contributed by atoms with E-state index in [1.165, 1.54) is 0 Å². The van der Waals surface area contributed by atoms with Crippen molar-refractivity contribution in [3.8, 4) is 11.5 Å². The highest BCUT2D eigenvalue weighted by atomic mass is 16.3. The van der Waals surface area contributed by atoms with Crippen LogP contribution in [0.5, 0.6) is 11.5 Å². The Labute approximate surface area is 95.2 Å². The van der Waals surface area contributed by atoms with Crippen molar-refractivity contribution in [2.24, 2.45) is 0 Å². The molecule has 0 spiro atoms. The zero-order valence-electron chi connectivity index (χ0n) is 9.78. The van der Waals surface area contributed by atoms with Gasteiger partial charge in [-0.1, -0.05) is 45.0 Å². The van der Waals surface area contributed by atoms with Crippen LogP contribution in [0.15, 0.2) is 30.3 Å². The summed E-state index contributed by atoms with van der Waals surface area (Å²) in [5, 5.41) is 21.2. The van der Waals surface area contributed by atoms with E-state index in [4.69, 9.17) is 0 Å². The Kier molecular flexibility index (Phi) is 2.30. The van der Waals surface area contributed by atoms with Gasteiger partial charge in [-0.15, -0.1) is 0 Å². The quantitative estimate of drug-likeness (QED) is 0.661. The summed E-state index contributed by atoms with van der Waals surface area (Å²) in [5.74, 6) is -0.0905. The number of hydrogen-bond donors (Lipinski definition) is 2. The van der Waals surface area contributed by atoms with Crippen LogP contribution in [0.3, 0.4) is 0 Å². The van der Waals surface area contributed by atoms with Crippen LogP contribution in [0.1, 0.15) is 26.3 Å². The topological polar surface area (TPSA) is 40.5 Å². The normalized spacial score (nSPS) is 11.9. The van der Waals surface area contributed by atoms with Crippen LogP contribution in [0.4, 0.5) is 0 Å². The molecule has 0 aliphatic rings. The summed E-state index contributed by atoms with van der Waals surface area (Å²) in [4.78, 5) is 0. The van der Waals surface area contributed by atoms with Crippen LogP contribution in [0.2, 0.25) is 0 Å². The van der Waals surface area contributed by atoms with Gasteiger partial charge in [0.15, 0.2) is 11.5 Å². The number of benzene rings is 2. The molecule has 0 saturated heterocycles. The molecule has 0 unspecified atom stereocenters. The largest absolute Gasteiger partial charge is 0.504 e. The molecule has 0 aliphatic heterocycles. The third kappa shape index (κ3) is 1.60. The zero-order chi connectivity index (χ0) is 11.9. The maximum Gasteiger partial charge on any atom is 0.165 e. The molecule has 16 heavy (non-hydrogen) atoms. The highest BCUT2D eigenvalue weighted by Gasteiger charge is 2.20. The first kappa shape index (κ1) is 10.8. The summed E-state index contributed by atoms with van der Waals surface area (Å²) in [5.41, 5.74) is 0.975. The van der Waals surface area contributed by atoms with Crippen LogP contribution in [-0.2, 0) is 5.41 Å². The number of hydrogen-bond acceptors (Lipinski definition) is 2. The van der Waals surface area contributed by atoms with E-state index in [1.54, 1.807) is 6.07 Å². The first-order valence-corrected chi connectivity index (χ1v) is 5.35. The number of rotatable bonds is 0. The van der Waals surface area contributed by atoms with Crippen LogP contribution in [0.25, 0.3) is 10.8 Å². The molecule has 2 heteroatoms. The molecule has 2 aromatic rings. The predicted molar refractivity (Wildman–Crippen MR) is 66.0 cm³/mol. The Morgan fingerprint density at radius 1 is 0.938 bits per heavy atom. The highest BCUT2D eigenvalue weighted by molar-refractivity contribution is 5.93. The summed E-state index contributed by atoms with van der Waals surface area (Å²) in [6.07, 6.45) is 0. The SMILES string of the molecule is CC(C)(C)c1cc(O)c(O)c2ccccc12. The second kappa shape index (κ2) is 3.41. The molecule has 0 heterocycles. The lowest BCUT2D eigenvalue weighted by Crippen LogP contribution is -2.11. The maximum atomic E-state index is 9.80. The molecular weight excluding hydrogens is 200 g/mol. The van der Waals surface area contributed by atoms with E-state index in [2.05, 4.69) is 20.8 Å². The zero-order valence-corrected chi connectivity index (χ0v) is 9.78. The van der Waals surface area contributed by atoms with E-state index in [0.29, 0.717) is 5.39 Å². The standard InChI is InChI=1S/C14H16O2/c1-14(2,3)11-8-12(15)13(16)10-7-5-4-6-9(10)11/h4-8,15-16H,1-3H3. The van der Waals surface area contributed by atoms with Crippen molar-refractivity contribution < 1.29 is 10.2 Å². The maximum absolute atomic E-state index is 9.80. The van der Waals surface area contributed by atoms with Gasteiger partial charge in [-0.05, 0) is 22.4 Å². The van der Waals surface area contributed by atoms with Gasteiger partial charge in [-0.3, -0.25) is 0 Å². The Morgan fingerprint density at radius 3 is 2.06 bits per heavy atom. The summed E-state index contributed by atoms with van der Waals surface area (Å²) in [7, 11) is 0. The van der Waals surface area contributed by atoms with Crippen molar-refractivity contribution in [1.82, 2.24) is 0 Å². The molecule has 0 radical (unpaired) electrons. The molecule has 84 valence electrons. The molecule has 0 amide bonds. The number of phenolic OH excluding ortho intramolecular Hbond substituents is 2. The summed E-state index contributed by atoms with van der Waals surface area (Å²) < 4.78 is 0. The summed E-state index contributed by atoms with van der Waals surface area (Å²) in [6.45, 7) is 6.27. The smallest absolute Gasteiger partial charge is 0.165 e. The molecule has 2 nitrogen and oxygen atoms in total. The van der Waals surface area contributed by atoms with Crippen LogP contribution in [-0.4, -0.2) is 10.2 Å². The van der Waals surface area contributed by atoms with Gasteiger partial charge in [0.05, 0.1) is 0 Å². The lowest BCUT2D eigenvalue weighted by atomic mass is 9.83. The van der Waals surface area contributed by atoms with E-state index >= 15 is 0 Å². The molecular formula is C14H16O2. The third-order valence-electron chi connectivity index (χ3n) is 2.80. The molecule has 0 saturated carbocycles. The van der Waals surface area contributed by atoms with Gasteiger partial charge >= 0.3 is 0 Å². The van der Waals surface area contributed by atoms with Gasteiger partial charge in [-0.2, -0.15) is 0 Å². The van der Waals surface area contributed by atoms with Crippen molar-refractivity contribution in [2.45, 2.75) is 26.2 Å². The fourth-order valence-electron chi connectivity index (χ4n) is 1.97. The second-order valence-electron chi connectivity index (χ2n) is 5.09. The Bertz CT molecular complexity index is 536. The average molecular weight is 216 g/mol. The van der Waals surface area contributed by atoms with Crippen LogP contribution in [0, 0.1) is 0 Å². The minimum absolute atomic E-state index is 0.0383. The molecule has 0 fully saturated rings. The second-order valence-corrected chi connectivity index (χ2v) is 5.09. The van der Waals surface area contributed by atoms with Crippen molar-refractivity contribution in [3.05, 3.63) is 35.9 Å². The number of aromatic hydroxyl groups is 2. The molecule has 0 aliphatic carbocycles. The Balaban J connectivity index is 2.91. The predicted octanol–water partition coefficient (Wildman–Crippen LogP) is 3.55. The first-order valence-electron chi connectivity index (χ1n) is 5.35. The van der Waals surface area contributed by atoms with Crippen molar-refractivity contribution in [1.29, 1.82) is 0 Å².